The third-order valence-corrected chi connectivity index (χ3v) is 5.23. The minimum Gasteiger partial charge on any atom is -0.377 e. The number of hydrogen-bond acceptors (Lipinski definition) is 5. The molecule has 2 unspecified atom stereocenters. The fourth-order valence-corrected chi connectivity index (χ4v) is 3.72. The summed E-state index contributed by atoms with van der Waals surface area (Å²) in [4.78, 5) is 14.5. The van der Waals surface area contributed by atoms with E-state index in [1.807, 2.05) is 0 Å². The van der Waals surface area contributed by atoms with Crippen LogP contribution in [-0.4, -0.2) is 62.3 Å². The van der Waals surface area contributed by atoms with Gasteiger partial charge in [0.25, 0.3) is 5.91 Å². The van der Waals surface area contributed by atoms with Crippen LogP contribution in [-0.2, 0) is 26.5 Å². The molecule has 0 radical (unpaired) electrons. The minimum absolute atomic E-state index is 0.0303. The Morgan fingerprint density at radius 3 is 2.78 bits per heavy atom. The van der Waals surface area contributed by atoms with Crippen molar-refractivity contribution in [2.75, 3.05) is 26.4 Å². The van der Waals surface area contributed by atoms with E-state index in [4.69, 9.17) is 14.6 Å². The Morgan fingerprint density at radius 2 is 2.17 bits per heavy atom. The average Bonchev–Trinajstić information content (AvgIpc) is 3.15. The standard InChI is InChI=1S/C14H21N3O5S/c1-16-8-10(23(15,19)20)7-11(16)14(18)17-4-6-21-9-12(17)13-3-2-5-22-13/h7-8,12-13H,2-6,9H2,1H3,(H2,15,19,20). The molecule has 23 heavy (non-hydrogen) atoms. The molecular weight excluding hydrogens is 322 g/mol. The van der Waals surface area contributed by atoms with Gasteiger partial charge in [-0.25, -0.2) is 13.6 Å². The molecule has 2 N–H and O–H groups in total. The zero-order chi connectivity index (χ0) is 16.6. The van der Waals surface area contributed by atoms with Crippen LogP contribution in [0.25, 0.3) is 0 Å². The summed E-state index contributed by atoms with van der Waals surface area (Å²) in [6.45, 7) is 2.05. The molecular formula is C14H21N3O5S. The molecule has 1 amide bonds. The SMILES string of the molecule is Cn1cc(S(N)(=O)=O)cc1C(=O)N1CCOCC1C1CCCO1. The zero-order valence-electron chi connectivity index (χ0n) is 13.0. The van der Waals surface area contributed by atoms with Gasteiger partial charge < -0.3 is 18.9 Å². The predicted molar refractivity (Wildman–Crippen MR) is 81.4 cm³/mol. The quantitative estimate of drug-likeness (QED) is 0.811. The van der Waals surface area contributed by atoms with Gasteiger partial charge in [-0.15, -0.1) is 0 Å². The highest BCUT2D eigenvalue weighted by Crippen LogP contribution is 2.24. The van der Waals surface area contributed by atoms with E-state index >= 15 is 0 Å². The molecule has 3 heterocycles. The number of aromatic nitrogens is 1. The number of ether oxygens (including phenoxy) is 2. The molecule has 2 atom stereocenters. The van der Waals surface area contributed by atoms with E-state index in [9.17, 15) is 13.2 Å². The first-order chi connectivity index (χ1) is 10.9. The molecule has 2 aliphatic heterocycles. The maximum atomic E-state index is 12.9. The minimum atomic E-state index is -3.84. The third kappa shape index (κ3) is 3.27. The number of nitrogens with zero attached hydrogens (tertiary/aromatic N) is 2. The van der Waals surface area contributed by atoms with E-state index in [-0.39, 0.29) is 22.9 Å². The number of carbonyl (C=O) groups is 1. The van der Waals surface area contributed by atoms with Crippen molar-refractivity contribution in [1.82, 2.24) is 9.47 Å². The van der Waals surface area contributed by atoms with Crippen molar-refractivity contribution >= 4 is 15.9 Å². The largest absolute Gasteiger partial charge is 0.377 e. The summed E-state index contributed by atoms with van der Waals surface area (Å²) in [5.74, 6) is -0.230. The average molecular weight is 343 g/mol. The lowest BCUT2D eigenvalue weighted by atomic mass is 10.1. The van der Waals surface area contributed by atoms with Crippen molar-refractivity contribution in [2.45, 2.75) is 29.9 Å². The maximum Gasteiger partial charge on any atom is 0.271 e. The van der Waals surface area contributed by atoms with Crippen LogP contribution in [0.1, 0.15) is 23.3 Å². The second kappa shape index (κ2) is 6.23. The van der Waals surface area contributed by atoms with Gasteiger partial charge in [-0.3, -0.25) is 4.79 Å². The molecule has 0 aliphatic carbocycles. The molecule has 0 spiro atoms. The Balaban J connectivity index is 1.87. The predicted octanol–water partition coefficient (Wildman–Crippen LogP) is -0.307. The van der Waals surface area contributed by atoms with Crippen molar-refractivity contribution in [1.29, 1.82) is 0 Å². The number of carbonyl (C=O) groups excluding carboxylic acids is 1. The van der Waals surface area contributed by atoms with Crippen LogP contribution in [0.4, 0.5) is 0 Å². The molecule has 1 aromatic rings. The van der Waals surface area contributed by atoms with E-state index in [2.05, 4.69) is 0 Å². The summed E-state index contributed by atoms with van der Waals surface area (Å²) in [6, 6.07) is 1.17. The van der Waals surface area contributed by atoms with Crippen molar-refractivity contribution in [3.05, 3.63) is 18.0 Å². The number of morpholine rings is 1. The molecule has 128 valence electrons. The number of hydrogen-bond donors (Lipinski definition) is 1. The van der Waals surface area contributed by atoms with Crippen LogP contribution in [0.5, 0.6) is 0 Å². The summed E-state index contributed by atoms with van der Waals surface area (Å²) in [7, 11) is -2.21. The lowest BCUT2D eigenvalue weighted by Crippen LogP contribution is -2.54. The molecule has 8 nitrogen and oxygen atoms in total. The van der Waals surface area contributed by atoms with Gasteiger partial charge in [0.2, 0.25) is 10.0 Å². The number of sulfonamides is 1. The van der Waals surface area contributed by atoms with Gasteiger partial charge in [0.05, 0.1) is 25.4 Å². The Kier molecular flexibility index (Phi) is 4.45. The number of amides is 1. The summed E-state index contributed by atoms with van der Waals surface area (Å²) in [5.41, 5.74) is 0.291. The fraction of sp³-hybridized carbons (Fsp3) is 0.643. The van der Waals surface area contributed by atoms with Crippen molar-refractivity contribution < 1.29 is 22.7 Å². The lowest BCUT2D eigenvalue weighted by molar-refractivity contribution is -0.0533. The van der Waals surface area contributed by atoms with Gasteiger partial charge >= 0.3 is 0 Å². The molecule has 0 bridgehead atoms. The topological polar surface area (TPSA) is 104 Å². The van der Waals surface area contributed by atoms with E-state index in [0.29, 0.717) is 32.1 Å². The highest BCUT2D eigenvalue weighted by molar-refractivity contribution is 7.89. The van der Waals surface area contributed by atoms with Gasteiger partial charge in [0, 0.05) is 26.4 Å². The van der Waals surface area contributed by atoms with Crippen LogP contribution in [0.2, 0.25) is 0 Å². The van der Waals surface area contributed by atoms with Crippen LogP contribution >= 0.6 is 0 Å². The van der Waals surface area contributed by atoms with Crippen molar-refractivity contribution in [2.24, 2.45) is 12.2 Å². The number of aryl methyl sites for hydroxylation is 1. The van der Waals surface area contributed by atoms with Gasteiger partial charge in [-0.2, -0.15) is 0 Å². The number of primary sulfonamides is 1. The van der Waals surface area contributed by atoms with Crippen molar-refractivity contribution in [3.63, 3.8) is 0 Å². The highest BCUT2D eigenvalue weighted by atomic mass is 32.2. The van der Waals surface area contributed by atoms with E-state index in [1.165, 1.54) is 16.8 Å². The number of nitrogens with two attached hydrogens (primary N) is 1. The van der Waals surface area contributed by atoms with Gasteiger partial charge in [0.15, 0.2) is 0 Å². The van der Waals surface area contributed by atoms with Gasteiger partial charge in [-0.1, -0.05) is 0 Å². The van der Waals surface area contributed by atoms with E-state index < -0.39 is 10.0 Å². The van der Waals surface area contributed by atoms with Gasteiger partial charge in [0.1, 0.15) is 10.6 Å². The summed E-state index contributed by atoms with van der Waals surface area (Å²) in [6.07, 6.45) is 3.19. The molecule has 3 rings (SSSR count). The Labute approximate surface area is 135 Å². The maximum absolute atomic E-state index is 12.9. The Bertz CT molecular complexity index is 693. The third-order valence-electron chi connectivity index (χ3n) is 4.35. The highest BCUT2D eigenvalue weighted by Gasteiger charge is 2.37. The molecule has 0 saturated carbocycles. The first-order valence-corrected chi connectivity index (χ1v) is 9.12. The van der Waals surface area contributed by atoms with Crippen LogP contribution in [0.3, 0.4) is 0 Å². The second-order valence-corrected chi connectivity index (χ2v) is 7.47. The molecule has 1 aromatic heterocycles. The van der Waals surface area contributed by atoms with Crippen molar-refractivity contribution in [3.8, 4) is 0 Å². The lowest BCUT2D eigenvalue weighted by Gasteiger charge is -2.38. The zero-order valence-corrected chi connectivity index (χ0v) is 13.8. The molecule has 2 fully saturated rings. The van der Waals surface area contributed by atoms with E-state index in [1.54, 1.807) is 11.9 Å². The second-order valence-electron chi connectivity index (χ2n) is 5.91. The summed E-state index contributed by atoms with van der Waals surface area (Å²) in [5, 5.41) is 5.14. The first kappa shape index (κ1) is 16.4. The summed E-state index contributed by atoms with van der Waals surface area (Å²) >= 11 is 0. The molecule has 2 aliphatic rings. The smallest absolute Gasteiger partial charge is 0.271 e. The normalized spacial score (nSPS) is 25.7. The van der Waals surface area contributed by atoms with Crippen LogP contribution < -0.4 is 5.14 Å². The summed E-state index contributed by atoms with van der Waals surface area (Å²) < 4.78 is 35.6. The molecule has 2 saturated heterocycles. The monoisotopic (exact) mass is 343 g/mol. The Hall–Kier alpha value is -1.42. The van der Waals surface area contributed by atoms with Crippen LogP contribution in [0.15, 0.2) is 17.2 Å². The number of rotatable bonds is 3. The van der Waals surface area contributed by atoms with Gasteiger partial charge in [-0.05, 0) is 18.9 Å². The molecule has 9 heteroatoms. The first-order valence-electron chi connectivity index (χ1n) is 7.57. The van der Waals surface area contributed by atoms with E-state index in [0.717, 1.165) is 12.8 Å². The Morgan fingerprint density at radius 1 is 1.39 bits per heavy atom. The molecule has 0 aromatic carbocycles. The fourth-order valence-electron chi connectivity index (χ4n) is 3.14. The van der Waals surface area contributed by atoms with Crippen LogP contribution in [0, 0.1) is 0 Å².